The van der Waals surface area contributed by atoms with Crippen LogP contribution in [0.1, 0.15) is 33.9 Å². The molecular weight excluding hydrogens is 254 g/mol. The lowest BCUT2D eigenvalue weighted by atomic mass is 9.91. The molecule has 0 fully saturated rings. The molecule has 1 unspecified atom stereocenters. The van der Waals surface area contributed by atoms with Crippen LogP contribution in [0.15, 0.2) is 36.4 Å². The van der Waals surface area contributed by atoms with E-state index >= 15 is 0 Å². The van der Waals surface area contributed by atoms with Crippen LogP contribution in [0.5, 0.6) is 0 Å². The summed E-state index contributed by atoms with van der Waals surface area (Å²) in [6, 6.07) is 12.3. The molecule has 2 aromatic carbocycles. The minimum atomic E-state index is -0.0134. The number of hydrogen-bond donors (Lipinski definition) is 1. The summed E-state index contributed by atoms with van der Waals surface area (Å²) in [5.41, 5.74) is 12.5. The Morgan fingerprint density at radius 3 is 2.21 bits per heavy atom. The van der Waals surface area contributed by atoms with Crippen molar-refractivity contribution in [3.8, 4) is 0 Å². The number of aryl methyl sites for hydroxylation is 3. The number of rotatable bonds is 3. The number of hydrogen-bond acceptors (Lipinski definition) is 1. The van der Waals surface area contributed by atoms with E-state index in [9.17, 15) is 0 Å². The van der Waals surface area contributed by atoms with Crippen molar-refractivity contribution >= 4 is 11.6 Å². The molecule has 2 N–H and O–H groups in total. The first-order valence-electron chi connectivity index (χ1n) is 6.55. The number of benzene rings is 2. The summed E-state index contributed by atoms with van der Waals surface area (Å²) >= 11 is 6.21. The maximum atomic E-state index is 6.39. The van der Waals surface area contributed by atoms with E-state index in [0.717, 1.165) is 17.0 Å². The Bertz CT molecular complexity index is 567. The Balaban J connectivity index is 2.31. The van der Waals surface area contributed by atoms with Crippen LogP contribution in [0.25, 0.3) is 0 Å². The lowest BCUT2D eigenvalue weighted by molar-refractivity contribution is 0.711. The zero-order chi connectivity index (χ0) is 14.0. The van der Waals surface area contributed by atoms with Gasteiger partial charge in [-0.25, -0.2) is 0 Å². The van der Waals surface area contributed by atoms with Crippen LogP contribution in [0, 0.1) is 20.8 Å². The molecule has 0 aliphatic heterocycles. The van der Waals surface area contributed by atoms with E-state index in [4.69, 9.17) is 17.3 Å². The van der Waals surface area contributed by atoms with Gasteiger partial charge in [0.2, 0.25) is 0 Å². The second-order valence-corrected chi connectivity index (χ2v) is 5.62. The largest absolute Gasteiger partial charge is 0.324 e. The molecule has 0 saturated heterocycles. The number of nitrogens with two attached hydrogens (primary N) is 1. The highest BCUT2D eigenvalue weighted by Crippen LogP contribution is 2.27. The molecule has 0 saturated carbocycles. The molecule has 0 aliphatic rings. The third kappa shape index (κ3) is 3.17. The molecule has 0 aliphatic carbocycles. The Morgan fingerprint density at radius 1 is 1.05 bits per heavy atom. The first-order valence-corrected chi connectivity index (χ1v) is 6.93. The summed E-state index contributed by atoms with van der Waals surface area (Å²) in [7, 11) is 0. The Kier molecular flexibility index (Phi) is 4.28. The van der Waals surface area contributed by atoms with Crippen LogP contribution in [-0.4, -0.2) is 0 Å². The van der Waals surface area contributed by atoms with Crippen molar-refractivity contribution in [2.75, 3.05) is 0 Å². The highest BCUT2D eigenvalue weighted by molar-refractivity contribution is 6.31. The fraction of sp³-hybridized carbons (Fsp3) is 0.294. The van der Waals surface area contributed by atoms with Crippen LogP contribution in [-0.2, 0) is 6.42 Å². The zero-order valence-corrected chi connectivity index (χ0v) is 12.5. The average Bonchev–Trinajstić information content (AvgIpc) is 2.30. The molecule has 2 aromatic rings. The summed E-state index contributed by atoms with van der Waals surface area (Å²) in [4.78, 5) is 0. The highest BCUT2D eigenvalue weighted by Gasteiger charge is 2.14. The molecule has 1 nitrogen and oxygen atoms in total. The predicted octanol–water partition coefficient (Wildman–Crippen LogP) is 4.51. The normalized spacial score (nSPS) is 12.5. The molecule has 1 atom stereocenters. The van der Waals surface area contributed by atoms with Crippen molar-refractivity contribution in [1.29, 1.82) is 0 Å². The fourth-order valence-electron chi connectivity index (χ4n) is 2.78. The summed E-state index contributed by atoms with van der Waals surface area (Å²) in [6.45, 7) is 6.37. The summed E-state index contributed by atoms with van der Waals surface area (Å²) < 4.78 is 0. The SMILES string of the molecule is Cc1cc(C)c(C(N)Cc2ccccc2Cl)c(C)c1. The van der Waals surface area contributed by atoms with Crippen molar-refractivity contribution < 1.29 is 0 Å². The van der Waals surface area contributed by atoms with Gasteiger partial charge in [0.1, 0.15) is 0 Å². The summed E-state index contributed by atoms with van der Waals surface area (Å²) in [5.74, 6) is 0. The molecular formula is C17H20ClN. The molecule has 0 radical (unpaired) electrons. The Hall–Kier alpha value is -1.31. The maximum Gasteiger partial charge on any atom is 0.0438 e. The highest BCUT2D eigenvalue weighted by atomic mass is 35.5. The van der Waals surface area contributed by atoms with Crippen LogP contribution in [0.3, 0.4) is 0 Å². The van der Waals surface area contributed by atoms with Gasteiger partial charge in [0.15, 0.2) is 0 Å². The third-order valence-corrected chi connectivity index (χ3v) is 3.88. The molecule has 0 heterocycles. The first-order chi connectivity index (χ1) is 8.99. The lowest BCUT2D eigenvalue weighted by Crippen LogP contribution is -2.16. The molecule has 100 valence electrons. The van der Waals surface area contributed by atoms with Crippen LogP contribution >= 0.6 is 11.6 Å². The van der Waals surface area contributed by atoms with Gasteiger partial charge >= 0.3 is 0 Å². The Morgan fingerprint density at radius 2 is 1.63 bits per heavy atom. The van der Waals surface area contributed by atoms with Crippen LogP contribution < -0.4 is 5.73 Å². The molecule has 2 rings (SSSR count). The maximum absolute atomic E-state index is 6.39. The quantitative estimate of drug-likeness (QED) is 0.875. The van der Waals surface area contributed by atoms with E-state index in [-0.39, 0.29) is 6.04 Å². The molecule has 0 bridgehead atoms. The van der Waals surface area contributed by atoms with Gasteiger partial charge in [-0.05, 0) is 55.5 Å². The van der Waals surface area contributed by atoms with Crippen molar-refractivity contribution in [1.82, 2.24) is 0 Å². The Labute approximate surface area is 120 Å². The second kappa shape index (κ2) is 5.77. The average molecular weight is 274 g/mol. The van der Waals surface area contributed by atoms with Gasteiger partial charge in [-0.1, -0.05) is 47.5 Å². The van der Waals surface area contributed by atoms with E-state index in [0.29, 0.717) is 0 Å². The molecule has 0 spiro atoms. The first kappa shape index (κ1) is 14.1. The van der Waals surface area contributed by atoms with Gasteiger partial charge in [-0.2, -0.15) is 0 Å². The van der Waals surface area contributed by atoms with Gasteiger partial charge in [0, 0.05) is 11.1 Å². The van der Waals surface area contributed by atoms with E-state index in [2.05, 4.69) is 32.9 Å². The molecule has 2 heteroatoms. The number of halogens is 1. The van der Waals surface area contributed by atoms with Crippen molar-refractivity contribution in [2.45, 2.75) is 33.2 Å². The molecule has 19 heavy (non-hydrogen) atoms. The van der Waals surface area contributed by atoms with Crippen LogP contribution in [0.4, 0.5) is 0 Å². The lowest BCUT2D eigenvalue weighted by Gasteiger charge is -2.19. The third-order valence-electron chi connectivity index (χ3n) is 3.51. The van der Waals surface area contributed by atoms with Crippen LogP contribution in [0.2, 0.25) is 5.02 Å². The van der Waals surface area contributed by atoms with Gasteiger partial charge in [0.05, 0.1) is 0 Å². The van der Waals surface area contributed by atoms with Crippen molar-refractivity contribution in [2.24, 2.45) is 5.73 Å². The van der Waals surface area contributed by atoms with Gasteiger partial charge < -0.3 is 5.73 Å². The van der Waals surface area contributed by atoms with Crippen molar-refractivity contribution in [3.63, 3.8) is 0 Å². The topological polar surface area (TPSA) is 26.0 Å². The van der Waals surface area contributed by atoms with E-state index in [1.807, 2.05) is 24.3 Å². The van der Waals surface area contributed by atoms with E-state index in [1.165, 1.54) is 22.3 Å². The van der Waals surface area contributed by atoms with Crippen molar-refractivity contribution in [3.05, 3.63) is 69.2 Å². The van der Waals surface area contributed by atoms with E-state index < -0.39 is 0 Å². The standard InChI is InChI=1S/C17H20ClN/c1-11-8-12(2)17(13(3)9-11)16(19)10-14-6-4-5-7-15(14)18/h4-9,16H,10,19H2,1-3H3. The summed E-state index contributed by atoms with van der Waals surface area (Å²) in [6.07, 6.45) is 0.768. The minimum Gasteiger partial charge on any atom is -0.324 e. The smallest absolute Gasteiger partial charge is 0.0438 e. The minimum absolute atomic E-state index is 0.0134. The van der Waals surface area contributed by atoms with Gasteiger partial charge in [0.25, 0.3) is 0 Å². The monoisotopic (exact) mass is 273 g/mol. The fourth-order valence-corrected chi connectivity index (χ4v) is 2.99. The van der Waals surface area contributed by atoms with Gasteiger partial charge in [-0.15, -0.1) is 0 Å². The molecule has 0 amide bonds. The summed E-state index contributed by atoms with van der Waals surface area (Å²) in [5, 5.41) is 0.792. The van der Waals surface area contributed by atoms with E-state index in [1.54, 1.807) is 0 Å². The molecule has 0 aromatic heterocycles. The second-order valence-electron chi connectivity index (χ2n) is 5.21. The zero-order valence-electron chi connectivity index (χ0n) is 11.7. The predicted molar refractivity (Wildman–Crippen MR) is 82.7 cm³/mol. The van der Waals surface area contributed by atoms with Gasteiger partial charge in [-0.3, -0.25) is 0 Å².